The second kappa shape index (κ2) is 9.41. The number of aromatic amines is 1. The molecule has 2 aromatic rings. The molecular weight excluding hydrogens is 368 g/mol. The fraction of sp³-hybridized carbons (Fsp3) is 0.421. The number of H-pyrrole nitrogens is 1. The smallest absolute Gasteiger partial charge is 0.240 e. The molecule has 1 fully saturated rings. The van der Waals surface area contributed by atoms with Gasteiger partial charge in [0.15, 0.2) is 0 Å². The van der Waals surface area contributed by atoms with Gasteiger partial charge in [-0.25, -0.2) is 0 Å². The third-order valence-corrected chi connectivity index (χ3v) is 4.83. The average Bonchev–Trinajstić information content (AvgIpc) is 3.27. The summed E-state index contributed by atoms with van der Waals surface area (Å²) < 4.78 is 0. The predicted molar refractivity (Wildman–Crippen MR) is 105 cm³/mol. The molecule has 4 N–H and O–H groups in total. The van der Waals surface area contributed by atoms with Crippen molar-refractivity contribution < 1.29 is 14.4 Å². The fourth-order valence-electron chi connectivity index (χ4n) is 3.10. The molecule has 7 nitrogen and oxygen atoms in total. The number of rotatable bonds is 4. The molecular formula is C19H25ClN4O3. The highest BCUT2D eigenvalue weighted by atomic mass is 35.5. The zero-order valence-electron chi connectivity index (χ0n) is 15.5. The Balaban J connectivity index is 0.000000465. The van der Waals surface area contributed by atoms with Gasteiger partial charge in [-0.3, -0.25) is 14.4 Å². The monoisotopic (exact) mass is 392 g/mol. The van der Waals surface area contributed by atoms with Gasteiger partial charge in [0.05, 0.1) is 0 Å². The number of likely N-dealkylation sites (tertiary alicyclic amines) is 1. The van der Waals surface area contributed by atoms with Gasteiger partial charge in [-0.15, -0.1) is 0 Å². The first-order chi connectivity index (χ1) is 12.8. The van der Waals surface area contributed by atoms with Crippen molar-refractivity contribution in [3.8, 4) is 0 Å². The van der Waals surface area contributed by atoms with E-state index in [2.05, 4.69) is 10.3 Å². The summed E-state index contributed by atoms with van der Waals surface area (Å²) in [5, 5.41) is 4.10. The minimum absolute atomic E-state index is 0.00463. The zero-order chi connectivity index (χ0) is 20.0. The van der Waals surface area contributed by atoms with E-state index in [1.165, 1.54) is 6.92 Å². The quantitative estimate of drug-likeness (QED) is 0.740. The van der Waals surface area contributed by atoms with Gasteiger partial charge in [0, 0.05) is 49.1 Å². The summed E-state index contributed by atoms with van der Waals surface area (Å²) in [5.41, 5.74) is 7.41. The van der Waals surface area contributed by atoms with Crippen molar-refractivity contribution in [2.45, 2.75) is 38.6 Å². The largest absolute Gasteiger partial charge is 0.368 e. The molecule has 1 aliphatic rings. The van der Waals surface area contributed by atoms with E-state index in [0.29, 0.717) is 30.8 Å². The molecule has 3 amide bonds. The second-order valence-electron chi connectivity index (χ2n) is 6.46. The van der Waals surface area contributed by atoms with Crippen molar-refractivity contribution in [2.75, 3.05) is 13.6 Å². The van der Waals surface area contributed by atoms with Gasteiger partial charge in [-0.05, 0) is 43.0 Å². The Labute approximate surface area is 163 Å². The molecule has 0 radical (unpaired) electrons. The summed E-state index contributed by atoms with van der Waals surface area (Å²) >= 11 is 6.03. The summed E-state index contributed by atoms with van der Waals surface area (Å²) in [6.07, 6.45) is 4.39. The molecule has 1 aliphatic heterocycles. The maximum atomic E-state index is 12.3. The van der Waals surface area contributed by atoms with Crippen LogP contribution < -0.4 is 11.1 Å². The van der Waals surface area contributed by atoms with E-state index in [9.17, 15) is 14.4 Å². The number of hydrogen-bond acceptors (Lipinski definition) is 3. The number of aromatic nitrogens is 1. The van der Waals surface area contributed by atoms with E-state index in [1.807, 2.05) is 24.4 Å². The van der Waals surface area contributed by atoms with Gasteiger partial charge in [0.2, 0.25) is 17.7 Å². The Kier molecular flexibility index (Phi) is 7.24. The first-order valence-corrected chi connectivity index (χ1v) is 9.24. The highest BCUT2D eigenvalue weighted by molar-refractivity contribution is 6.31. The number of aryl methyl sites for hydroxylation is 1. The van der Waals surface area contributed by atoms with Crippen molar-refractivity contribution >= 4 is 40.2 Å². The number of carbonyl (C=O) groups is 3. The Morgan fingerprint density at radius 1 is 1.37 bits per heavy atom. The number of amides is 3. The van der Waals surface area contributed by atoms with Gasteiger partial charge >= 0.3 is 0 Å². The number of hydrogen-bond donors (Lipinski definition) is 3. The van der Waals surface area contributed by atoms with Crippen molar-refractivity contribution in [3.05, 3.63) is 35.0 Å². The Morgan fingerprint density at radius 2 is 2.07 bits per heavy atom. The summed E-state index contributed by atoms with van der Waals surface area (Å²) in [4.78, 5) is 38.2. The molecule has 0 aliphatic carbocycles. The third-order valence-electron chi connectivity index (χ3n) is 4.59. The standard InChI is InChI=1S/C16H18ClN3O2.C3H7NO/c17-11-4-5-13-12(8-11)10(9-19-13)3-6-15(21)20-7-1-2-14(20)16(18)22;1-3(5)4-2/h4-5,8-9,14,19H,1-3,6-7H2,(H2,18,22);1-2H3,(H,4,5)/t14-;/m0./s1. The SMILES string of the molecule is CNC(C)=O.NC(=O)[C@@H]1CCCN1C(=O)CCc1c[nH]c2ccc(Cl)cc12. The van der Waals surface area contributed by atoms with E-state index in [4.69, 9.17) is 17.3 Å². The molecule has 0 bridgehead atoms. The molecule has 1 aromatic heterocycles. The van der Waals surface area contributed by atoms with Crippen molar-refractivity contribution in [2.24, 2.45) is 5.73 Å². The van der Waals surface area contributed by atoms with Crippen LogP contribution in [0, 0.1) is 0 Å². The molecule has 1 atom stereocenters. The van der Waals surface area contributed by atoms with Gasteiger partial charge < -0.3 is 20.9 Å². The van der Waals surface area contributed by atoms with Gasteiger partial charge in [0.25, 0.3) is 0 Å². The lowest BCUT2D eigenvalue weighted by atomic mass is 10.1. The van der Waals surface area contributed by atoms with E-state index >= 15 is 0 Å². The lowest BCUT2D eigenvalue weighted by Crippen LogP contribution is -2.43. The van der Waals surface area contributed by atoms with Crippen LogP contribution in [0.25, 0.3) is 10.9 Å². The molecule has 27 heavy (non-hydrogen) atoms. The van der Waals surface area contributed by atoms with Crippen LogP contribution in [0.1, 0.15) is 31.7 Å². The number of fused-ring (bicyclic) bond motifs is 1. The Hall–Kier alpha value is -2.54. The third kappa shape index (κ3) is 5.47. The van der Waals surface area contributed by atoms with Crippen LogP contribution in [0.2, 0.25) is 5.02 Å². The summed E-state index contributed by atoms with van der Waals surface area (Å²) in [6, 6.07) is 5.21. The molecule has 8 heteroatoms. The predicted octanol–water partition coefficient (Wildman–Crippen LogP) is 1.98. The van der Waals surface area contributed by atoms with Crippen molar-refractivity contribution in [1.82, 2.24) is 15.2 Å². The number of primary amides is 1. The lowest BCUT2D eigenvalue weighted by molar-refractivity contribution is -0.137. The minimum atomic E-state index is -0.440. The number of nitrogens with two attached hydrogens (primary N) is 1. The molecule has 0 unspecified atom stereocenters. The highest BCUT2D eigenvalue weighted by Gasteiger charge is 2.32. The van der Waals surface area contributed by atoms with Crippen molar-refractivity contribution in [1.29, 1.82) is 0 Å². The number of benzene rings is 1. The van der Waals surface area contributed by atoms with Crippen LogP contribution in [0.3, 0.4) is 0 Å². The average molecular weight is 393 g/mol. The number of carbonyl (C=O) groups excluding carboxylic acids is 3. The molecule has 1 saturated heterocycles. The topological polar surface area (TPSA) is 108 Å². The summed E-state index contributed by atoms with van der Waals surface area (Å²) in [6.45, 7) is 2.09. The van der Waals surface area contributed by atoms with Crippen LogP contribution in [0.15, 0.2) is 24.4 Å². The first-order valence-electron chi connectivity index (χ1n) is 8.86. The Morgan fingerprint density at radius 3 is 2.70 bits per heavy atom. The molecule has 146 valence electrons. The molecule has 0 spiro atoms. The number of halogens is 1. The maximum Gasteiger partial charge on any atom is 0.240 e. The molecule has 3 rings (SSSR count). The second-order valence-corrected chi connectivity index (χ2v) is 6.89. The van der Waals surface area contributed by atoms with Crippen LogP contribution in [0.5, 0.6) is 0 Å². The molecule has 2 heterocycles. The highest BCUT2D eigenvalue weighted by Crippen LogP contribution is 2.24. The van der Waals surface area contributed by atoms with Crippen LogP contribution in [0.4, 0.5) is 0 Å². The molecule has 0 saturated carbocycles. The van der Waals surface area contributed by atoms with Crippen LogP contribution >= 0.6 is 11.6 Å². The molecule has 1 aromatic carbocycles. The number of nitrogens with zero attached hydrogens (tertiary/aromatic N) is 1. The number of nitrogens with one attached hydrogen (secondary N) is 2. The summed E-state index contributed by atoms with van der Waals surface area (Å²) in [7, 11) is 1.60. The van der Waals surface area contributed by atoms with Gasteiger partial charge in [0.1, 0.15) is 6.04 Å². The fourth-order valence-corrected chi connectivity index (χ4v) is 3.28. The van der Waals surface area contributed by atoms with Crippen LogP contribution in [-0.2, 0) is 20.8 Å². The maximum absolute atomic E-state index is 12.3. The summed E-state index contributed by atoms with van der Waals surface area (Å²) in [5.74, 6) is -0.424. The lowest BCUT2D eigenvalue weighted by Gasteiger charge is -2.22. The van der Waals surface area contributed by atoms with Crippen LogP contribution in [-0.4, -0.2) is 47.2 Å². The van der Waals surface area contributed by atoms with E-state index in [0.717, 1.165) is 22.9 Å². The zero-order valence-corrected chi connectivity index (χ0v) is 16.3. The minimum Gasteiger partial charge on any atom is -0.368 e. The van der Waals surface area contributed by atoms with E-state index in [-0.39, 0.29) is 11.8 Å². The Bertz CT molecular complexity index is 833. The van der Waals surface area contributed by atoms with E-state index in [1.54, 1.807) is 11.9 Å². The first kappa shape index (κ1) is 20.8. The van der Waals surface area contributed by atoms with E-state index < -0.39 is 11.9 Å². The normalized spacial score (nSPS) is 16.0. The van der Waals surface area contributed by atoms with Gasteiger partial charge in [-0.2, -0.15) is 0 Å². The van der Waals surface area contributed by atoms with Gasteiger partial charge in [-0.1, -0.05) is 11.6 Å². The van der Waals surface area contributed by atoms with Crippen molar-refractivity contribution in [3.63, 3.8) is 0 Å².